The van der Waals surface area contributed by atoms with Crippen LogP contribution >= 0.6 is 0 Å². The fourth-order valence-electron chi connectivity index (χ4n) is 3.84. The number of ether oxygens (including phenoxy) is 1. The standard InChI is InChI=1S/C22H37NO4/c1-4-6-8-9-11-20(25)27-21-18(17(16-23)15-19(21)24)12-14-22(3,26)13-10-7-5-2/h17-18,21,26H,4-15H2,1-3H3. The van der Waals surface area contributed by atoms with Crippen LogP contribution in [0, 0.1) is 23.2 Å². The second-order valence-electron chi connectivity index (χ2n) is 8.28. The predicted octanol–water partition coefficient (Wildman–Crippen LogP) is 4.71. The zero-order valence-electron chi connectivity index (χ0n) is 17.3. The van der Waals surface area contributed by atoms with E-state index in [4.69, 9.17) is 4.74 Å². The smallest absolute Gasteiger partial charge is 0.306 e. The zero-order chi connectivity index (χ0) is 20.3. The summed E-state index contributed by atoms with van der Waals surface area (Å²) < 4.78 is 5.49. The van der Waals surface area contributed by atoms with Gasteiger partial charge in [0, 0.05) is 18.8 Å². The molecular weight excluding hydrogens is 342 g/mol. The van der Waals surface area contributed by atoms with Crippen molar-refractivity contribution in [1.82, 2.24) is 0 Å². The van der Waals surface area contributed by atoms with Gasteiger partial charge in [-0.2, -0.15) is 5.26 Å². The average Bonchev–Trinajstić information content (AvgIpc) is 2.92. The van der Waals surface area contributed by atoms with Crippen LogP contribution in [0.15, 0.2) is 0 Å². The number of hydrogen-bond acceptors (Lipinski definition) is 5. The van der Waals surface area contributed by atoms with Gasteiger partial charge in [0.25, 0.3) is 0 Å². The van der Waals surface area contributed by atoms with Crippen molar-refractivity contribution < 1.29 is 19.4 Å². The van der Waals surface area contributed by atoms with E-state index in [1.807, 2.05) is 6.92 Å². The second-order valence-corrected chi connectivity index (χ2v) is 8.28. The molecule has 5 heteroatoms. The maximum absolute atomic E-state index is 12.3. The van der Waals surface area contributed by atoms with Gasteiger partial charge < -0.3 is 9.84 Å². The molecule has 0 spiro atoms. The molecular formula is C22H37NO4. The molecule has 4 atom stereocenters. The Bertz CT molecular complexity index is 509. The first kappa shape index (κ1) is 23.6. The fourth-order valence-corrected chi connectivity index (χ4v) is 3.84. The van der Waals surface area contributed by atoms with Gasteiger partial charge in [-0.1, -0.05) is 52.4 Å². The van der Waals surface area contributed by atoms with Crippen molar-refractivity contribution in [2.24, 2.45) is 11.8 Å². The van der Waals surface area contributed by atoms with Gasteiger partial charge in [0.2, 0.25) is 0 Å². The summed E-state index contributed by atoms with van der Waals surface area (Å²) >= 11 is 0. The van der Waals surface area contributed by atoms with E-state index < -0.39 is 17.6 Å². The summed E-state index contributed by atoms with van der Waals surface area (Å²) in [7, 11) is 0. The van der Waals surface area contributed by atoms with Gasteiger partial charge in [0.1, 0.15) is 0 Å². The van der Waals surface area contributed by atoms with Crippen molar-refractivity contribution in [1.29, 1.82) is 5.26 Å². The van der Waals surface area contributed by atoms with Crippen LogP contribution in [0.3, 0.4) is 0 Å². The third-order valence-corrected chi connectivity index (χ3v) is 5.64. The molecule has 0 aromatic rings. The first-order valence-electron chi connectivity index (χ1n) is 10.7. The molecule has 0 aromatic heterocycles. The summed E-state index contributed by atoms with van der Waals surface area (Å²) in [5.41, 5.74) is -0.810. The summed E-state index contributed by atoms with van der Waals surface area (Å²) in [5.74, 6) is -1.23. The van der Waals surface area contributed by atoms with Crippen LogP contribution in [0.2, 0.25) is 0 Å². The van der Waals surface area contributed by atoms with Gasteiger partial charge in [0.15, 0.2) is 11.9 Å². The normalized spacial score (nSPS) is 24.4. The molecule has 5 nitrogen and oxygen atoms in total. The monoisotopic (exact) mass is 379 g/mol. The Morgan fingerprint density at radius 1 is 1.19 bits per heavy atom. The van der Waals surface area contributed by atoms with Crippen LogP contribution in [-0.4, -0.2) is 28.6 Å². The van der Waals surface area contributed by atoms with Gasteiger partial charge in [-0.25, -0.2) is 0 Å². The summed E-state index contributed by atoms with van der Waals surface area (Å²) in [6, 6.07) is 2.20. The molecule has 1 N–H and O–H groups in total. The Morgan fingerprint density at radius 3 is 2.48 bits per heavy atom. The predicted molar refractivity (Wildman–Crippen MR) is 105 cm³/mol. The number of carbonyl (C=O) groups is 2. The molecule has 4 unspecified atom stereocenters. The van der Waals surface area contributed by atoms with Gasteiger partial charge in [-0.05, 0) is 32.6 Å². The minimum Gasteiger partial charge on any atom is -0.454 e. The number of unbranched alkanes of at least 4 members (excludes halogenated alkanes) is 5. The highest BCUT2D eigenvalue weighted by Crippen LogP contribution is 2.37. The molecule has 1 saturated carbocycles. The van der Waals surface area contributed by atoms with Crippen molar-refractivity contribution in [3.63, 3.8) is 0 Å². The number of rotatable bonds is 13. The highest BCUT2D eigenvalue weighted by molar-refractivity contribution is 5.88. The highest BCUT2D eigenvalue weighted by atomic mass is 16.5. The minimum atomic E-state index is -0.820. The van der Waals surface area contributed by atoms with E-state index in [0.717, 1.165) is 44.9 Å². The van der Waals surface area contributed by atoms with Crippen molar-refractivity contribution in [3.8, 4) is 6.07 Å². The molecule has 0 radical (unpaired) electrons. The summed E-state index contributed by atoms with van der Waals surface area (Å²) in [5, 5.41) is 20.0. The summed E-state index contributed by atoms with van der Waals surface area (Å²) in [6.07, 6.45) is 8.47. The van der Waals surface area contributed by atoms with E-state index in [9.17, 15) is 20.0 Å². The molecule has 1 aliphatic carbocycles. The summed E-state index contributed by atoms with van der Waals surface area (Å²) in [4.78, 5) is 24.4. The molecule has 0 aromatic carbocycles. The number of ketones is 1. The van der Waals surface area contributed by atoms with E-state index in [0.29, 0.717) is 25.7 Å². The van der Waals surface area contributed by atoms with Gasteiger partial charge in [-0.15, -0.1) is 0 Å². The van der Waals surface area contributed by atoms with Crippen LogP contribution in [0.4, 0.5) is 0 Å². The Labute approximate surface area is 164 Å². The van der Waals surface area contributed by atoms with Crippen LogP contribution in [0.25, 0.3) is 0 Å². The van der Waals surface area contributed by atoms with Gasteiger partial charge >= 0.3 is 5.97 Å². The van der Waals surface area contributed by atoms with Gasteiger partial charge in [0.05, 0.1) is 17.6 Å². The van der Waals surface area contributed by atoms with Crippen LogP contribution < -0.4 is 0 Å². The lowest BCUT2D eigenvalue weighted by molar-refractivity contribution is -0.156. The Morgan fingerprint density at radius 2 is 1.85 bits per heavy atom. The molecule has 0 aliphatic heterocycles. The van der Waals surface area contributed by atoms with Crippen LogP contribution in [0.5, 0.6) is 0 Å². The molecule has 1 rings (SSSR count). The Kier molecular flexibility index (Phi) is 10.6. The van der Waals surface area contributed by atoms with Crippen molar-refractivity contribution in [2.45, 2.75) is 110 Å². The SMILES string of the molecule is CCCCCCC(=O)OC1C(=O)CC(C#N)C1CCC(C)(O)CCCCC. The van der Waals surface area contributed by atoms with E-state index in [2.05, 4.69) is 19.9 Å². The third kappa shape index (κ3) is 8.43. The number of Topliss-reactive ketones (excluding diaryl/α,β-unsaturated/α-hetero) is 1. The molecule has 0 heterocycles. The second kappa shape index (κ2) is 12.1. The highest BCUT2D eigenvalue weighted by Gasteiger charge is 2.45. The van der Waals surface area contributed by atoms with Crippen molar-refractivity contribution in [2.75, 3.05) is 0 Å². The number of aliphatic hydroxyl groups is 1. The van der Waals surface area contributed by atoms with Crippen molar-refractivity contribution >= 4 is 11.8 Å². The largest absolute Gasteiger partial charge is 0.454 e. The molecule has 1 fully saturated rings. The molecule has 154 valence electrons. The first-order chi connectivity index (χ1) is 12.8. The first-order valence-corrected chi connectivity index (χ1v) is 10.7. The van der Waals surface area contributed by atoms with Crippen molar-refractivity contribution in [3.05, 3.63) is 0 Å². The number of esters is 1. The van der Waals surface area contributed by atoms with E-state index in [1.54, 1.807) is 0 Å². The lowest BCUT2D eigenvalue weighted by Crippen LogP contribution is -2.32. The molecule has 0 amide bonds. The molecule has 0 saturated heterocycles. The van der Waals surface area contributed by atoms with Crippen LogP contribution in [-0.2, 0) is 14.3 Å². The molecule has 0 bridgehead atoms. The fraction of sp³-hybridized carbons (Fsp3) is 0.864. The topological polar surface area (TPSA) is 87.4 Å². The molecule has 27 heavy (non-hydrogen) atoms. The van der Waals surface area contributed by atoms with E-state index >= 15 is 0 Å². The van der Waals surface area contributed by atoms with Gasteiger partial charge in [-0.3, -0.25) is 9.59 Å². The van der Waals surface area contributed by atoms with E-state index in [-0.39, 0.29) is 24.1 Å². The van der Waals surface area contributed by atoms with E-state index in [1.165, 1.54) is 0 Å². The maximum atomic E-state index is 12.3. The molecule has 1 aliphatic rings. The lowest BCUT2D eigenvalue weighted by Gasteiger charge is -2.27. The lowest BCUT2D eigenvalue weighted by atomic mass is 9.84. The quantitative estimate of drug-likeness (QED) is 0.370. The minimum absolute atomic E-state index is 0.146. The zero-order valence-corrected chi connectivity index (χ0v) is 17.3. The Hall–Kier alpha value is -1.41. The van der Waals surface area contributed by atoms with Crippen LogP contribution in [0.1, 0.15) is 97.8 Å². The third-order valence-electron chi connectivity index (χ3n) is 5.64. The number of nitrogens with zero attached hydrogens (tertiary/aromatic N) is 1. The number of nitriles is 1. The maximum Gasteiger partial charge on any atom is 0.306 e. The number of hydrogen-bond donors (Lipinski definition) is 1. The Balaban J connectivity index is 2.60. The average molecular weight is 380 g/mol. The number of carbonyl (C=O) groups excluding carboxylic acids is 2. The summed E-state index contributed by atoms with van der Waals surface area (Å²) in [6.45, 7) is 6.05.